The molecular formula is C20H17F3N6O3S. The number of fused-ring (bicyclic) bond motifs is 1. The number of halogens is 3. The molecule has 0 atom stereocenters. The van der Waals surface area contributed by atoms with E-state index in [-0.39, 0.29) is 29.8 Å². The van der Waals surface area contributed by atoms with Crippen molar-refractivity contribution in [1.82, 2.24) is 15.0 Å². The second kappa shape index (κ2) is 8.31. The van der Waals surface area contributed by atoms with Crippen LogP contribution in [0.5, 0.6) is 0 Å². The van der Waals surface area contributed by atoms with Crippen molar-refractivity contribution in [3.05, 3.63) is 59.4 Å². The summed E-state index contributed by atoms with van der Waals surface area (Å²) in [5, 5.41) is 7.94. The third kappa shape index (κ3) is 5.19. The summed E-state index contributed by atoms with van der Waals surface area (Å²) < 4.78 is 63.8. The quantitative estimate of drug-likeness (QED) is 0.493. The number of anilines is 4. The number of hydrogen-bond acceptors (Lipinski definition) is 8. The van der Waals surface area contributed by atoms with E-state index in [1.807, 2.05) is 0 Å². The number of amides is 1. The molecule has 0 fully saturated rings. The summed E-state index contributed by atoms with van der Waals surface area (Å²) in [7, 11) is -3.57. The van der Waals surface area contributed by atoms with Gasteiger partial charge in [-0.05, 0) is 41.5 Å². The molecule has 0 spiro atoms. The number of carbonyl (C=O) groups excluding carboxylic acids is 1. The van der Waals surface area contributed by atoms with E-state index < -0.39 is 27.4 Å². The van der Waals surface area contributed by atoms with Crippen LogP contribution in [0.2, 0.25) is 0 Å². The summed E-state index contributed by atoms with van der Waals surface area (Å²) >= 11 is 0. The SMILES string of the molecule is CS(=O)(=O)c1cc(CNc2nc(Nc3ccc4c(c3)CC(=O)N4)ncc2C(F)(F)F)ccn1. The average Bonchev–Trinajstić information content (AvgIpc) is 3.10. The van der Waals surface area contributed by atoms with E-state index in [9.17, 15) is 26.4 Å². The molecule has 13 heteroatoms. The Balaban J connectivity index is 1.58. The van der Waals surface area contributed by atoms with Crippen molar-refractivity contribution in [1.29, 1.82) is 0 Å². The molecule has 33 heavy (non-hydrogen) atoms. The van der Waals surface area contributed by atoms with Gasteiger partial charge in [0.15, 0.2) is 14.9 Å². The van der Waals surface area contributed by atoms with Gasteiger partial charge in [0.1, 0.15) is 11.4 Å². The smallest absolute Gasteiger partial charge is 0.365 e. The molecule has 3 aromatic rings. The second-order valence-corrected chi connectivity index (χ2v) is 9.27. The Morgan fingerprint density at radius 2 is 1.94 bits per heavy atom. The third-order valence-corrected chi connectivity index (χ3v) is 5.70. The maximum Gasteiger partial charge on any atom is 0.421 e. The van der Waals surface area contributed by atoms with Crippen LogP contribution >= 0.6 is 0 Å². The first-order valence-electron chi connectivity index (χ1n) is 9.52. The van der Waals surface area contributed by atoms with Gasteiger partial charge in [0, 0.05) is 36.6 Å². The fourth-order valence-corrected chi connectivity index (χ4v) is 3.79. The van der Waals surface area contributed by atoms with Gasteiger partial charge in [-0.15, -0.1) is 0 Å². The Morgan fingerprint density at radius 1 is 1.15 bits per heavy atom. The number of hydrogen-bond donors (Lipinski definition) is 3. The zero-order valence-electron chi connectivity index (χ0n) is 17.1. The molecule has 0 bridgehead atoms. The minimum atomic E-state index is -4.71. The molecular weight excluding hydrogens is 461 g/mol. The van der Waals surface area contributed by atoms with Crippen LogP contribution in [-0.4, -0.2) is 35.5 Å². The summed E-state index contributed by atoms with van der Waals surface area (Å²) in [5.41, 5.74) is 1.25. The van der Waals surface area contributed by atoms with E-state index in [4.69, 9.17) is 0 Å². The third-order valence-electron chi connectivity index (χ3n) is 4.72. The highest BCUT2D eigenvalue weighted by Gasteiger charge is 2.35. The van der Waals surface area contributed by atoms with Crippen molar-refractivity contribution in [2.24, 2.45) is 0 Å². The summed E-state index contributed by atoms with van der Waals surface area (Å²) in [5.74, 6) is -0.709. The lowest BCUT2D eigenvalue weighted by atomic mass is 10.1. The first-order chi connectivity index (χ1) is 15.5. The fourth-order valence-electron chi connectivity index (χ4n) is 3.17. The number of nitrogens with one attached hydrogen (secondary N) is 3. The molecule has 3 heterocycles. The van der Waals surface area contributed by atoms with Crippen molar-refractivity contribution >= 4 is 38.9 Å². The second-order valence-electron chi connectivity index (χ2n) is 7.30. The largest absolute Gasteiger partial charge is 0.421 e. The van der Waals surface area contributed by atoms with E-state index in [2.05, 4.69) is 30.9 Å². The lowest BCUT2D eigenvalue weighted by Gasteiger charge is -2.15. The molecule has 1 aromatic carbocycles. The Hall–Kier alpha value is -3.74. The Morgan fingerprint density at radius 3 is 2.67 bits per heavy atom. The number of rotatable bonds is 6. The van der Waals surface area contributed by atoms with Crippen LogP contribution in [0.1, 0.15) is 16.7 Å². The van der Waals surface area contributed by atoms with E-state index in [0.29, 0.717) is 23.1 Å². The van der Waals surface area contributed by atoms with Crippen LogP contribution < -0.4 is 16.0 Å². The van der Waals surface area contributed by atoms with Crippen LogP contribution in [0.25, 0.3) is 0 Å². The number of pyridine rings is 1. The molecule has 4 rings (SSSR count). The van der Waals surface area contributed by atoms with Gasteiger partial charge < -0.3 is 16.0 Å². The van der Waals surface area contributed by atoms with Crippen LogP contribution in [0.15, 0.2) is 47.8 Å². The van der Waals surface area contributed by atoms with Gasteiger partial charge in [0.2, 0.25) is 11.9 Å². The van der Waals surface area contributed by atoms with Gasteiger partial charge in [-0.1, -0.05) is 0 Å². The Labute approximate surface area is 186 Å². The van der Waals surface area contributed by atoms with E-state index in [1.165, 1.54) is 18.3 Å². The van der Waals surface area contributed by atoms with Crippen molar-refractivity contribution < 1.29 is 26.4 Å². The van der Waals surface area contributed by atoms with Crippen molar-refractivity contribution in [3.8, 4) is 0 Å². The number of nitrogens with zero attached hydrogens (tertiary/aromatic N) is 3. The average molecular weight is 478 g/mol. The van der Waals surface area contributed by atoms with E-state index in [0.717, 1.165) is 11.8 Å². The molecule has 1 amide bonds. The van der Waals surface area contributed by atoms with Gasteiger partial charge >= 0.3 is 6.18 Å². The molecule has 0 radical (unpaired) electrons. The highest BCUT2D eigenvalue weighted by atomic mass is 32.2. The number of alkyl halides is 3. The predicted octanol–water partition coefficient (Wildman–Crippen LogP) is 3.14. The van der Waals surface area contributed by atoms with Gasteiger partial charge in [-0.3, -0.25) is 4.79 Å². The molecule has 1 aliphatic heterocycles. The molecule has 1 aliphatic rings. The van der Waals surface area contributed by atoms with Gasteiger partial charge in [0.05, 0.1) is 6.42 Å². The van der Waals surface area contributed by atoms with Gasteiger partial charge in [-0.2, -0.15) is 18.2 Å². The topological polar surface area (TPSA) is 126 Å². The lowest BCUT2D eigenvalue weighted by Crippen LogP contribution is -2.14. The molecule has 3 N–H and O–H groups in total. The predicted molar refractivity (Wildman–Crippen MR) is 114 cm³/mol. The van der Waals surface area contributed by atoms with E-state index >= 15 is 0 Å². The number of sulfone groups is 1. The maximum atomic E-state index is 13.5. The molecule has 0 aliphatic carbocycles. The summed E-state index contributed by atoms with van der Waals surface area (Å²) in [6.07, 6.45) is -1.60. The number of aromatic nitrogens is 3. The Kier molecular flexibility index (Phi) is 5.66. The van der Waals surface area contributed by atoms with Crippen molar-refractivity contribution in [2.45, 2.75) is 24.2 Å². The number of carbonyl (C=O) groups is 1. The van der Waals surface area contributed by atoms with Gasteiger partial charge in [-0.25, -0.2) is 18.4 Å². The maximum absolute atomic E-state index is 13.5. The minimum Gasteiger partial charge on any atom is -0.365 e. The fraction of sp³-hybridized carbons (Fsp3) is 0.200. The standard InChI is InChI=1S/C20H17F3N6O3S/c1-33(31,32)17-6-11(4-5-24-17)9-25-18-14(20(21,22)23)10-26-19(29-18)27-13-2-3-15-12(7-13)8-16(30)28-15/h2-7,10H,8-9H2,1H3,(H,28,30)(H2,25,26,27,29). The summed E-state index contributed by atoms with van der Waals surface area (Å²) in [6.45, 7) is -0.128. The molecule has 0 saturated carbocycles. The van der Waals surface area contributed by atoms with Crippen LogP contribution in [0.3, 0.4) is 0 Å². The molecule has 172 valence electrons. The molecule has 0 unspecified atom stereocenters. The molecule has 9 nitrogen and oxygen atoms in total. The molecule has 0 saturated heterocycles. The van der Waals surface area contributed by atoms with E-state index in [1.54, 1.807) is 18.2 Å². The van der Waals surface area contributed by atoms with Gasteiger partial charge in [0.25, 0.3) is 0 Å². The Bertz CT molecular complexity index is 1350. The first-order valence-corrected chi connectivity index (χ1v) is 11.4. The first kappa shape index (κ1) is 22.5. The zero-order chi connectivity index (χ0) is 23.8. The lowest BCUT2D eigenvalue weighted by molar-refractivity contribution is -0.137. The normalized spacial score (nSPS) is 13.4. The summed E-state index contributed by atoms with van der Waals surface area (Å²) in [6, 6.07) is 7.76. The highest BCUT2D eigenvalue weighted by Crippen LogP contribution is 2.34. The van der Waals surface area contributed by atoms with Crippen LogP contribution in [0, 0.1) is 0 Å². The summed E-state index contributed by atoms with van der Waals surface area (Å²) in [4.78, 5) is 23.0. The van der Waals surface area contributed by atoms with Crippen LogP contribution in [0.4, 0.5) is 36.3 Å². The minimum absolute atomic E-state index is 0.0886. The molecule has 2 aromatic heterocycles. The van der Waals surface area contributed by atoms with Crippen molar-refractivity contribution in [3.63, 3.8) is 0 Å². The zero-order valence-corrected chi connectivity index (χ0v) is 17.9. The monoisotopic (exact) mass is 478 g/mol. The highest BCUT2D eigenvalue weighted by molar-refractivity contribution is 7.90. The number of benzene rings is 1. The van der Waals surface area contributed by atoms with Crippen molar-refractivity contribution in [2.75, 3.05) is 22.2 Å². The van der Waals surface area contributed by atoms with Crippen LogP contribution in [-0.2, 0) is 33.8 Å².